The van der Waals surface area contributed by atoms with Gasteiger partial charge < -0.3 is 19.6 Å². The first-order valence-electron chi connectivity index (χ1n) is 12.1. The highest BCUT2D eigenvalue weighted by molar-refractivity contribution is 6.46. The van der Waals surface area contributed by atoms with E-state index in [9.17, 15) is 14.7 Å². The number of likely N-dealkylation sites (tertiary alicyclic amines) is 1. The lowest BCUT2D eigenvalue weighted by Crippen LogP contribution is -2.38. The fourth-order valence-electron chi connectivity index (χ4n) is 4.69. The maximum atomic E-state index is 13.4. The van der Waals surface area contributed by atoms with Crippen molar-refractivity contribution >= 4 is 23.1 Å². The quantitative estimate of drug-likeness (QED) is 0.287. The number of ether oxygens (including phenoxy) is 1. The van der Waals surface area contributed by atoms with Crippen LogP contribution in [0, 0.1) is 6.92 Å². The van der Waals surface area contributed by atoms with Gasteiger partial charge in [0.05, 0.1) is 23.9 Å². The normalized spacial score (nSPS) is 17.6. The minimum Gasteiger partial charge on any atom is -0.505 e. The molecule has 1 saturated heterocycles. The smallest absolute Gasteiger partial charge is 0.295 e. The highest BCUT2D eigenvalue weighted by Gasteiger charge is 2.46. The van der Waals surface area contributed by atoms with E-state index in [0.717, 1.165) is 18.7 Å². The number of pyridine rings is 1. The fourth-order valence-corrected chi connectivity index (χ4v) is 4.69. The number of imidazole rings is 1. The number of aromatic nitrogens is 2. The molecule has 8 nitrogen and oxygen atoms in total. The summed E-state index contributed by atoms with van der Waals surface area (Å²) >= 11 is 0. The number of likely N-dealkylation sites (N-methyl/N-ethyl adjacent to an activating group) is 1. The van der Waals surface area contributed by atoms with Crippen LogP contribution in [0.1, 0.15) is 43.8 Å². The second-order valence-electron chi connectivity index (χ2n) is 8.50. The van der Waals surface area contributed by atoms with E-state index < -0.39 is 17.7 Å². The highest BCUT2D eigenvalue weighted by Crippen LogP contribution is 2.40. The summed E-state index contributed by atoms with van der Waals surface area (Å²) in [4.78, 5) is 34.9. The number of amides is 1. The molecule has 35 heavy (non-hydrogen) atoms. The van der Waals surface area contributed by atoms with Crippen LogP contribution in [0.4, 0.5) is 0 Å². The summed E-state index contributed by atoms with van der Waals surface area (Å²) in [5.74, 6) is -0.812. The SMILES string of the molecule is CCOc1ccc(C2C(=C(O)c3c(C)nc4ccccn34)C(=O)C(=O)N2CCN(CC)CC)cc1. The van der Waals surface area contributed by atoms with Crippen LogP contribution in [-0.4, -0.2) is 68.8 Å². The molecule has 0 spiro atoms. The van der Waals surface area contributed by atoms with Crippen molar-refractivity contribution in [2.45, 2.75) is 33.7 Å². The number of rotatable bonds is 9. The monoisotopic (exact) mass is 476 g/mol. The lowest BCUT2D eigenvalue weighted by Gasteiger charge is -2.28. The number of carbonyl (C=O) groups is 2. The second kappa shape index (κ2) is 10.3. The van der Waals surface area contributed by atoms with Gasteiger partial charge >= 0.3 is 0 Å². The minimum absolute atomic E-state index is 0.0764. The van der Waals surface area contributed by atoms with Crippen molar-refractivity contribution in [1.82, 2.24) is 19.2 Å². The molecule has 1 N–H and O–H groups in total. The molecule has 0 aliphatic carbocycles. The molecule has 1 aromatic carbocycles. The molecule has 1 aliphatic rings. The average molecular weight is 477 g/mol. The number of aryl methyl sites for hydroxylation is 1. The van der Waals surface area contributed by atoms with Crippen LogP contribution in [0.2, 0.25) is 0 Å². The topological polar surface area (TPSA) is 87.4 Å². The summed E-state index contributed by atoms with van der Waals surface area (Å²) in [5, 5.41) is 11.5. The molecule has 4 rings (SSSR count). The van der Waals surface area contributed by atoms with Crippen LogP contribution in [-0.2, 0) is 9.59 Å². The molecule has 1 amide bonds. The van der Waals surface area contributed by atoms with E-state index in [0.29, 0.717) is 42.5 Å². The standard InChI is InChI=1S/C27H32N4O4/c1-5-29(6-2)16-17-31-24(19-11-13-20(14-12-19)35-7-3)22(26(33)27(31)34)25(32)23-18(4)28-21-10-8-9-15-30(21)23/h8-15,24,32H,5-7,16-17H2,1-4H3. The largest absolute Gasteiger partial charge is 0.505 e. The van der Waals surface area contributed by atoms with Crippen molar-refractivity contribution in [1.29, 1.82) is 0 Å². The number of Topliss-reactive ketones (excluding diaryl/α,β-unsaturated/α-hetero) is 1. The number of hydrogen-bond acceptors (Lipinski definition) is 6. The van der Waals surface area contributed by atoms with Crippen LogP contribution in [0.5, 0.6) is 5.75 Å². The van der Waals surface area contributed by atoms with E-state index in [1.807, 2.05) is 49.4 Å². The Kier molecular flexibility index (Phi) is 7.21. The average Bonchev–Trinajstić information content (AvgIpc) is 3.33. The Morgan fingerprint density at radius 3 is 2.46 bits per heavy atom. The highest BCUT2D eigenvalue weighted by atomic mass is 16.5. The molecule has 1 unspecified atom stereocenters. The minimum atomic E-state index is -0.713. The Bertz CT molecular complexity index is 1260. The predicted octanol–water partition coefficient (Wildman–Crippen LogP) is 3.80. The summed E-state index contributed by atoms with van der Waals surface area (Å²) < 4.78 is 7.31. The van der Waals surface area contributed by atoms with Crippen molar-refractivity contribution in [3.05, 3.63) is 71.2 Å². The first kappa shape index (κ1) is 24.5. The molecule has 0 radical (unpaired) electrons. The van der Waals surface area contributed by atoms with Gasteiger partial charge in [-0.1, -0.05) is 32.0 Å². The Hall–Kier alpha value is -3.65. The lowest BCUT2D eigenvalue weighted by atomic mass is 9.96. The molecule has 3 heterocycles. The van der Waals surface area contributed by atoms with Gasteiger partial charge in [0, 0.05) is 19.3 Å². The molecular formula is C27H32N4O4. The molecule has 8 heteroatoms. The second-order valence-corrected chi connectivity index (χ2v) is 8.50. The summed E-state index contributed by atoms with van der Waals surface area (Å²) in [6.45, 7) is 11.0. The number of aliphatic hydroxyl groups excluding tert-OH is 1. The van der Waals surface area contributed by atoms with E-state index in [-0.39, 0.29) is 11.3 Å². The first-order chi connectivity index (χ1) is 16.9. The van der Waals surface area contributed by atoms with E-state index >= 15 is 0 Å². The van der Waals surface area contributed by atoms with Crippen LogP contribution in [0.25, 0.3) is 11.4 Å². The maximum Gasteiger partial charge on any atom is 0.295 e. The molecule has 1 atom stereocenters. The van der Waals surface area contributed by atoms with Crippen molar-refractivity contribution in [3.8, 4) is 5.75 Å². The van der Waals surface area contributed by atoms with Gasteiger partial charge in [-0.15, -0.1) is 0 Å². The maximum absolute atomic E-state index is 13.4. The molecule has 0 saturated carbocycles. The van der Waals surface area contributed by atoms with E-state index in [2.05, 4.69) is 23.7 Å². The van der Waals surface area contributed by atoms with Gasteiger partial charge in [0.25, 0.3) is 11.7 Å². The van der Waals surface area contributed by atoms with Gasteiger partial charge in [-0.2, -0.15) is 0 Å². The van der Waals surface area contributed by atoms with Crippen molar-refractivity contribution in [2.75, 3.05) is 32.8 Å². The zero-order chi connectivity index (χ0) is 25.1. The third-order valence-corrected chi connectivity index (χ3v) is 6.53. The third-order valence-electron chi connectivity index (χ3n) is 6.53. The van der Waals surface area contributed by atoms with Gasteiger partial charge in [-0.25, -0.2) is 4.98 Å². The first-order valence-corrected chi connectivity index (χ1v) is 12.1. The number of benzene rings is 1. The zero-order valence-electron chi connectivity index (χ0n) is 20.7. The zero-order valence-corrected chi connectivity index (χ0v) is 20.7. The Morgan fingerprint density at radius 1 is 1.09 bits per heavy atom. The summed E-state index contributed by atoms with van der Waals surface area (Å²) in [7, 11) is 0. The predicted molar refractivity (Wildman–Crippen MR) is 134 cm³/mol. The Balaban J connectivity index is 1.85. The number of nitrogens with zero attached hydrogens (tertiary/aromatic N) is 4. The van der Waals surface area contributed by atoms with Gasteiger partial charge in [-0.05, 0) is 56.8 Å². The van der Waals surface area contributed by atoms with Gasteiger partial charge in [0.2, 0.25) is 0 Å². The van der Waals surface area contributed by atoms with Crippen molar-refractivity contribution < 1.29 is 19.4 Å². The van der Waals surface area contributed by atoms with Crippen molar-refractivity contribution in [3.63, 3.8) is 0 Å². The number of aliphatic hydroxyl groups is 1. The number of hydrogen-bond donors (Lipinski definition) is 1. The van der Waals surface area contributed by atoms with Gasteiger partial charge in [0.1, 0.15) is 17.1 Å². The van der Waals surface area contributed by atoms with E-state index in [1.54, 1.807) is 22.4 Å². The van der Waals surface area contributed by atoms with Gasteiger partial charge in [0.15, 0.2) is 5.76 Å². The van der Waals surface area contributed by atoms with Crippen LogP contribution in [0.15, 0.2) is 54.2 Å². The molecule has 3 aromatic rings. The number of ketones is 1. The van der Waals surface area contributed by atoms with E-state index in [4.69, 9.17) is 4.74 Å². The number of fused-ring (bicyclic) bond motifs is 1. The summed E-state index contributed by atoms with van der Waals surface area (Å²) in [5.41, 5.74) is 2.46. The van der Waals surface area contributed by atoms with E-state index in [1.165, 1.54) is 0 Å². The van der Waals surface area contributed by atoms with Crippen LogP contribution >= 0.6 is 0 Å². The van der Waals surface area contributed by atoms with Crippen LogP contribution < -0.4 is 4.74 Å². The molecule has 1 fully saturated rings. The fraction of sp³-hybridized carbons (Fsp3) is 0.370. The third kappa shape index (κ3) is 4.53. The lowest BCUT2D eigenvalue weighted by molar-refractivity contribution is -0.140. The Morgan fingerprint density at radius 2 is 1.80 bits per heavy atom. The Labute approximate surface area is 205 Å². The van der Waals surface area contributed by atoms with Gasteiger partial charge in [-0.3, -0.25) is 14.0 Å². The molecule has 1 aliphatic heterocycles. The molecule has 0 bridgehead atoms. The van der Waals surface area contributed by atoms with Crippen molar-refractivity contribution in [2.24, 2.45) is 0 Å². The van der Waals surface area contributed by atoms with Crippen LogP contribution in [0.3, 0.4) is 0 Å². The summed E-state index contributed by atoms with van der Waals surface area (Å²) in [6, 6.07) is 12.1. The number of carbonyl (C=O) groups excluding carboxylic acids is 2. The molecular weight excluding hydrogens is 444 g/mol. The molecule has 2 aromatic heterocycles. The molecule has 184 valence electrons. The summed E-state index contributed by atoms with van der Waals surface area (Å²) in [6.07, 6.45) is 1.78.